The van der Waals surface area contributed by atoms with Crippen LogP contribution in [0.1, 0.15) is 63.0 Å². The van der Waals surface area contributed by atoms with Gasteiger partial charge in [-0.15, -0.1) is 0 Å². The molecule has 0 saturated carbocycles. The van der Waals surface area contributed by atoms with E-state index in [0.717, 1.165) is 24.0 Å². The summed E-state index contributed by atoms with van der Waals surface area (Å²) in [4.78, 5) is 35.1. The molecule has 3 rings (SSSR count). The fourth-order valence-corrected chi connectivity index (χ4v) is 4.33. The van der Waals surface area contributed by atoms with Crippen LogP contribution in [0.3, 0.4) is 0 Å². The Morgan fingerprint density at radius 1 is 0.912 bits per heavy atom. The third kappa shape index (κ3) is 7.07. The minimum atomic E-state index is -0.797. The molecule has 0 saturated heterocycles. The maximum absolute atomic E-state index is 12.4. The van der Waals surface area contributed by atoms with Crippen molar-refractivity contribution in [1.82, 2.24) is 10.6 Å². The highest BCUT2D eigenvalue weighted by atomic mass is 16.5. The van der Waals surface area contributed by atoms with Gasteiger partial charge in [0.1, 0.15) is 6.61 Å². The van der Waals surface area contributed by atoms with Crippen LogP contribution in [0.2, 0.25) is 0 Å². The van der Waals surface area contributed by atoms with E-state index in [2.05, 4.69) is 34.9 Å². The van der Waals surface area contributed by atoms with E-state index in [4.69, 9.17) is 9.84 Å². The van der Waals surface area contributed by atoms with Crippen molar-refractivity contribution in [2.45, 2.75) is 51.9 Å². The first-order chi connectivity index (χ1) is 16.3. The number of benzene rings is 2. The molecule has 34 heavy (non-hydrogen) atoms. The third-order valence-electron chi connectivity index (χ3n) is 6.08. The van der Waals surface area contributed by atoms with Crippen molar-refractivity contribution in [3.8, 4) is 11.1 Å². The van der Waals surface area contributed by atoms with Gasteiger partial charge >= 0.3 is 12.1 Å². The molecule has 0 radical (unpaired) electrons. The molecular weight excluding hydrogens is 432 g/mol. The second-order valence-corrected chi connectivity index (χ2v) is 9.57. The van der Waals surface area contributed by atoms with Gasteiger partial charge in [0.2, 0.25) is 5.91 Å². The van der Waals surface area contributed by atoms with Gasteiger partial charge in [0.15, 0.2) is 0 Å². The summed E-state index contributed by atoms with van der Waals surface area (Å²) in [5.41, 5.74) is 4.26. The Morgan fingerprint density at radius 3 is 2.15 bits per heavy atom. The Balaban J connectivity index is 1.40. The number of carboxylic acid groups (broad SMARTS) is 1. The number of nitrogens with one attached hydrogen (secondary N) is 2. The van der Waals surface area contributed by atoms with E-state index in [1.54, 1.807) is 0 Å². The normalized spacial score (nSPS) is 12.5. The predicted octanol–water partition coefficient (Wildman–Crippen LogP) is 4.70. The summed E-state index contributed by atoms with van der Waals surface area (Å²) in [5, 5.41) is 14.3. The highest BCUT2D eigenvalue weighted by Crippen LogP contribution is 2.44. The average Bonchev–Trinajstić information content (AvgIpc) is 3.12. The van der Waals surface area contributed by atoms with E-state index in [-0.39, 0.29) is 31.3 Å². The number of carbonyl (C=O) groups excluding carboxylic acids is 2. The van der Waals surface area contributed by atoms with Crippen LogP contribution in [0.15, 0.2) is 48.5 Å². The first-order valence-electron chi connectivity index (χ1n) is 11.8. The zero-order valence-electron chi connectivity index (χ0n) is 19.9. The number of amides is 2. The second-order valence-electron chi connectivity index (χ2n) is 9.57. The van der Waals surface area contributed by atoms with Gasteiger partial charge in [0.05, 0.1) is 0 Å². The molecule has 2 aromatic rings. The number of fused-ring (bicyclic) bond motifs is 3. The lowest BCUT2D eigenvalue weighted by atomic mass is 9.89. The minimum Gasteiger partial charge on any atom is -0.481 e. The van der Waals surface area contributed by atoms with Crippen molar-refractivity contribution in [3.63, 3.8) is 0 Å². The second kappa shape index (κ2) is 11.7. The summed E-state index contributed by atoms with van der Waals surface area (Å²) >= 11 is 0. The smallest absolute Gasteiger partial charge is 0.407 e. The van der Waals surface area contributed by atoms with E-state index < -0.39 is 17.5 Å². The molecule has 7 nitrogen and oxygen atoms in total. The number of unbranched alkanes of at least 4 members (excludes halogenated alkanes) is 2. The average molecular weight is 467 g/mol. The lowest BCUT2D eigenvalue weighted by Crippen LogP contribution is -2.38. The molecule has 2 aromatic carbocycles. The molecule has 1 aliphatic carbocycles. The van der Waals surface area contributed by atoms with Gasteiger partial charge < -0.3 is 20.5 Å². The first kappa shape index (κ1) is 25.3. The molecular formula is C27H34N2O5. The van der Waals surface area contributed by atoms with Gasteiger partial charge in [0, 0.05) is 31.8 Å². The lowest BCUT2D eigenvalue weighted by molar-refractivity contribution is -0.137. The van der Waals surface area contributed by atoms with Crippen molar-refractivity contribution >= 4 is 18.0 Å². The van der Waals surface area contributed by atoms with Crippen molar-refractivity contribution in [2.24, 2.45) is 5.41 Å². The van der Waals surface area contributed by atoms with E-state index in [9.17, 15) is 14.4 Å². The Morgan fingerprint density at radius 2 is 1.53 bits per heavy atom. The van der Waals surface area contributed by atoms with Crippen LogP contribution in [0.5, 0.6) is 0 Å². The van der Waals surface area contributed by atoms with Crippen LogP contribution in [0.4, 0.5) is 4.79 Å². The van der Waals surface area contributed by atoms with Gasteiger partial charge in [-0.05, 0) is 40.5 Å². The quantitative estimate of drug-likeness (QED) is 0.393. The van der Waals surface area contributed by atoms with Crippen LogP contribution in [0, 0.1) is 5.41 Å². The number of rotatable bonds is 12. The molecule has 182 valence electrons. The van der Waals surface area contributed by atoms with Crippen LogP contribution in [-0.4, -0.2) is 42.8 Å². The summed E-state index contributed by atoms with van der Waals surface area (Å²) in [6, 6.07) is 16.4. The van der Waals surface area contributed by atoms with E-state index >= 15 is 0 Å². The Hall–Kier alpha value is -3.35. The lowest BCUT2D eigenvalue weighted by Gasteiger charge is -2.24. The number of carboxylic acids is 1. The van der Waals surface area contributed by atoms with Crippen molar-refractivity contribution < 1.29 is 24.2 Å². The molecule has 0 unspecified atom stereocenters. The SMILES string of the molecule is CC(C)(CNC(=O)OCC1c2ccccc2-c2ccccc21)CC(=O)NCCCCCC(=O)O. The molecule has 0 aromatic heterocycles. The maximum atomic E-state index is 12.4. The number of hydrogen-bond donors (Lipinski definition) is 3. The van der Waals surface area contributed by atoms with Gasteiger partial charge in [-0.2, -0.15) is 0 Å². The number of ether oxygens (including phenoxy) is 1. The van der Waals surface area contributed by atoms with Crippen LogP contribution < -0.4 is 10.6 Å². The molecule has 2 amide bonds. The molecule has 3 N–H and O–H groups in total. The van der Waals surface area contributed by atoms with Crippen LogP contribution in [-0.2, 0) is 14.3 Å². The monoisotopic (exact) mass is 466 g/mol. The predicted molar refractivity (Wildman–Crippen MR) is 131 cm³/mol. The molecule has 0 bridgehead atoms. The van der Waals surface area contributed by atoms with Crippen molar-refractivity contribution in [2.75, 3.05) is 19.7 Å². The molecule has 0 atom stereocenters. The number of hydrogen-bond acceptors (Lipinski definition) is 4. The zero-order chi connectivity index (χ0) is 24.6. The molecule has 0 heterocycles. The number of carbonyl (C=O) groups is 3. The zero-order valence-corrected chi connectivity index (χ0v) is 19.9. The topological polar surface area (TPSA) is 105 Å². The third-order valence-corrected chi connectivity index (χ3v) is 6.08. The summed E-state index contributed by atoms with van der Waals surface area (Å²) in [7, 11) is 0. The molecule has 7 heteroatoms. The molecule has 1 aliphatic rings. The van der Waals surface area contributed by atoms with E-state index in [1.165, 1.54) is 11.1 Å². The van der Waals surface area contributed by atoms with Crippen molar-refractivity contribution in [3.05, 3.63) is 59.7 Å². The Labute approximate surface area is 200 Å². The number of alkyl carbamates (subject to hydrolysis) is 1. The summed E-state index contributed by atoms with van der Waals surface area (Å²) in [6.07, 6.45) is 2.06. The maximum Gasteiger partial charge on any atom is 0.407 e. The van der Waals surface area contributed by atoms with Gasteiger partial charge in [-0.1, -0.05) is 68.8 Å². The molecule has 0 spiro atoms. The fourth-order valence-electron chi connectivity index (χ4n) is 4.33. The summed E-state index contributed by atoms with van der Waals surface area (Å²) in [5.74, 6) is -0.875. The van der Waals surface area contributed by atoms with Crippen LogP contribution >= 0.6 is 0 Å². The molecule has 0 fully saturated rings. The summed E-state index contributed by atoms with van der Waals surface area (Å²) in [6.45, 7) is 4.93. The van der Waals surface area contributed by atoms with Crippen molar-refractivity contribution in [1.29, 1.82) is 0 Å². The van der Waals surface area contributed by atoms with Gasteiger partial charge in [-0.25, -0.2) is 4.79 Å². The van der Waals surface area contributed by atoms with Crippen LogP contribution in [0.25, 0.3) is 11.1 Å². The Bertz CT molecular complexity index is 972. The Kier molecular flexibility index (Phi) is 8.68. The molecule has 0 aliphatic heterocycles. The first-order valence-corrected chi connectivity index (χ1v) is 11.8. The fraction of sp³-hybridized carbons (Fsp3) is 0.444. The highest BCUT2D eigenvalue weighted by molar-refractivity contribution is 5.79. The summed E-state index contributed by atoms with van der Waals surface area (Å²) < 4.78 is 5.57. The van der Waals surface area contributed by atoms with E-state index in [1.807, 2.05) is 38.1 Å². The highest BCUT2D eigenvalue weighted by Gasteiger charge is 2.29. The minimum absolute atomic E-state index is 0.00689. The standard InChI is InChI=1S/C27H34N2O5/c1-27(2,16-24(30)28-15-9-3-4-14-25(31)32)18-29-26(33)34-17-23-21-12-7-5-10-19(21)20-11-6-8-13-22(20)23/h5-8,10-13,23H,3-4,9,14-18H2,1-2H3,(H,28,30)(H,29,33)(H,31,32). The van der Waals surface area contributed by atoms with Gasteiger partial charge in [0.25, 0.3) is 0 Å². The largest absolute Gasteiger partial charge is 0.481 e. The van der Waals surface area contributed by atoms with E-state index in [0.29, 0.717) is 19.5 Å². The number of aliphatic carboxylic acids is 1. The van der Waals surface area contributed by atoms with Gasteiger partial charge in [-0.3, -0.25) is 9.59 Å².